The molecule has 5 heteroatoms. The molecule has 0 saturated heterocycles. The van der Waals surface area contributed by atoms with Gasteiger partial charge in [-0.3, -0.25) is 0 Å². The van der Waals surface area contributed by atoms with Crippen molar-refractivity contribution in [2.24, 2.45) is 4.99 Å². The van der Waals surface area contributed by atoms with E-state index in [1.54, 1.807) is 6.92 Å². The highest BCUT2D eigenvalue weighted by atomic mass is 35.5. The average molecular weight is 246 g/mol. The predicted molar refractivity (Wildman–Crippen MR) is 61.1 cm³/mol. The molecule has 0 aliphatic rings. The van der Waals surface area contributed by atoms with Gasteiger partial charge in [-0.2, -0.15) is 9.38 Å². The topological polar surface area (TPSA) is 12.4 Å². The zero-order chi connectivity index (χ0) is 10.6. The van der Waals surface area contributed by atoms with Crippen molar-refractivity contribution in [3.63, 3.8) is 0 Å². The Morgan fingerprint density at radius 1 is 1.64 bits per heavy atom. The summed E-state index contributed by atoms with van der Waals surface area (Å²) in [4.78, 5) is 4.22. The molecule has 72 valence electrons. The van der Waals surface area contributed by atoms with E-state index < -0.39 is 5.13 Å². The summed E-state index contributed by atoms with van der Waals surface area (Å²) in [5.41, 5.74) is 0.0690. The second-order valence-electron chi connectivity index (χ2n) is 2.27. The van der Waals surface area contributed by atoms with Gasteiger partial charge in [-0.1, -0.05) is 17.5 Å². The Hall–Kier alpha value is -0.720. The number of rotatable bonds is 2. The quantitative estimate of drug-likeness (QED) is 0.438. The molecule has 0 unspecified atom stereocenters. The predicted octanol–water partition coefficient (Wildman–Crippen LogP) is 3.84. The van der Waals surface area contributed by atoms with E-state index in [2.05, 4.69) is 34.2 Å². The largest absolute Gasteiger partial charge is 0.204 e. The molecule has 0 N–H and O–H groups in total. The molecule has 0 aromatic carbocycles. The average Bonchev–Trinajstić information content (AvgIpc) is 2.43. The van der Waals surface area contributed by atoms with Crippen LogP contribution < -0.4 is 0 Å². The van der Waals surface area contributed by atoms with Gasteiger partial charge in [0.1, 0.15) is 5.69 Å². The fourth-order valence-electron chi connectivity index (χ4n) is 0.841. The summed E-state index contributed by atoms with van der Waals surface area (Å²) in [5, 5.41) is 1.93. The monoisotopic (exact) mass is 245 g/mol. The van der Waals surface area contributed by atoms with Crippen molar-refractivity contribution in [1.29, 1.82) is 0 Å². The van der Waals surface area contributed by atoms with Gasteiger partial charge in [0.05, 0.1) is 10.2 Å². The Bertz CT molecular complexity index is 449. The second-order valence-corrected chi connectivity index (χ2v) is 3.88. The molecule has 1 aromatic heterocycles. The first-order chi connectivity index (χ1) is 6.70. The van der Waals surface area contributed by atoms with Crippen LogP contribution >= 0.6 is 35.2 Å². The van der Waals surface area contributed by atoms with Gasteiger partial charge in [-0.05, 0) is 19.1 Å². The van der Waals surface area contributed by atoms with Crippen LogP contribution in [0.5, 0.6) is 0 Å². The van der Waals surface area contributed by atoms with Crippen LogP contribution in [0, 0.1) is 17.0 Å². The first-order valence-electron chi connectivity index (χ1n) is 3.64. The first-order valence-corrected chi connectivity index (χ1v) is 5.25. The number of thiocarbonyl (C=S) groups is 1. The third kappa shape index (κ3) is 2.40. The summed E-state index contributed by atoms with van der Waals surface area (Å²) in [6, 6.07) is 0. The van der Waals surface area contributed by atoms with Crippen molar-refractivity contribution in [2.75, 3.05) is 0 Å². The van der Waals surface area contributed by atoms with Crippen LogP contribution in [-0.2, 0) is 6.42 Å². The van der Waals surface area contributed by atoms with E-state index in [4.69, 9.17) is 11.6 Å². The molecule has 0 atom stereocenters. The smallest absolute Gasteiger partial charge is 0.193 e. The number of hydrogen-bond acceptors (Lipinski definition) is 3. The lowest BCUT2D eigenvalue weighted by Crippen LogP contribution is -1.73. The standard InChI is InChI=1S/C9H5ClFNS2/c1-2-3-4-6-7(10)8(12-5-13)9(11)14-6/h4H2,1H3. The van der Waals surface area contributed by atoms with E-state index in [0.29, 0.717) is 11.3 Å². The van der Waals surface area contributed by atoms with Gasteiger partial charge in [-0.15, -0.1) is 17.3 Å². The fraction of sp³-hybridized carbons (Fsp3) is 0.222. The molecule has 1 aromatic rings. The van der Waals surface area contributed by atoms with E-state index in [0.717, 1.165) is 11.3 Å². The lowest BCUT2D eigenvalue weighted by Gasteiger charge is -1.88. The van der Waals surface area contributed by atoms with Crippen LogP contribution in [0.1, 0.15) is 11.8 Å². The molecule has 0 spiro atoms. The highest BCUT2D eigenvalue weighted by Gasteiger charge is 2.15. The van der Waals surface area contributed by atoms with Gasteiger partial charge >= 0.3 is 0 Å². The molecule has 0 amide bonds. The number of hydrogen-bond donors (Lipinski definition) is 0. The van der Waals surface area contributed by atoms with Crippen molar-refractivity contribution in [1.82, 2.24) is 0 Å². The maximum atomic E-state index is 13.2. The Kier molecular flexibility index (Phi) is 4.24. The summed E-state index contributed by atoms with van der Waals surface area (Å²) in [6.45, 7) is 1.72. The highest BCUT2D eigenvalue weighted by Crippen LogP contribution is 2.38. The number of nitrogens with zero attached hydrogens (tertiary/aromatic N) is 1. The van der Waals surface area contributed by atoms with Crippen molar-refractivity contribution < 1.29 is 4.39 Å². The van der Waals surface area contributed by atoms with Crippen molar-refractivity contribution in [3.8, 4) is 11.8 Å². The normalized spacial score (nSPS) is 8.79. The SMILES string of the molecule is CC#CCc1sc(F)c(N=C=S)c1Cl. The number of halogens is 2. The van der Waals surface area contributed by atoms with Crippen molar-refractivity contribution >= 4 is 46.0 Å². The Labute approximate surface area is 95.6 Å². The van der Waals surface area contributed by atoms with Crippen LogP contribution in [0.2, 0.25) is 5.02 Å². The van der Waals surface area contributed by atoms with Crippen molar-refractivity contribution in [3.05, 3.63) is 15.0 Å². The summed E-state index contributed by atoms with van der Waals surface area (Å²) in [6.07, 6.45) is 0.434. The minimum atomic E-state index is -0.444. The Balaban J connectivity index is 3.13. The second kappa shape index (κ2) is 5.23. The minimum absolute atomic E-state index is 0.0690. The van der Waals surface area contributed by atoms with Crippen LogP contribution in [-0.4, -0.2) is 5.16 Å². The van der Waals surface area contributed by atoms with Gasteiger partial charge in [-0.25, -0.2) is 0 Å². The molecular weight excluding hydrogens is 241 g/mol. The van der Waals surface area contributed by atoms with Gasteiger partial charge in [0.15, 0.2) is 0 Å². The molecule has 1 rings (SSSR count). The van der Waals surface area contributed by atoms with Crippen LogP contribution in [0.4, 0.5) is 10.1 Å². The summed E-state index contributed by atoms with van der Waals surface area (Å²) >= 11 is 11.2. The molecule has 0 aliphatic carbocycles. The minimum Gasteiger partial charge on any atom is -0.193 e. The molecule has 14 heavy (non-hydrogen) atoms. The van der Waals surface area contributed by atoms with E-state index in [1.165, 1.54) is 0 Å². The zero-order valence-electron chi connectivity index (χ0n) is 7.23. The zero-order valence-corrected chi connectivity index (χ0v) is 9.62. The van der Waals surface area contributed by atoms with Crippen molar-refractivity contribution in [2.45, 2.75) is 13.3 Å². The summed E-state index contributed by atoms with van der Waals surface area (Å²) < 4.78 is 13.2. The van der Waals surface area contributed by atoms with Crippen LogP contribution in [0.15, 0.2) is 4.99 Å². The molecule has 0 radical (unpaired) electrons. The number of isothiocyanates is 1. The number of aliphatic imine (C=N–C) groups is 1. The van der Waals surface area contributed by atoms with E-state index in [-0.39, 0.29) is 10.7 Å². The molecule has 1 heterocycles. The van der Waals surface area contributed by atoms with E-state index >= 15 is 0 Å². The summed E-state index contributed by atoms with van der Waals surface area (Å²) in [5.74, 6) is 5.52. The van der Waals surface area contributed by atoms with E-state index in [9.17, 15) is 4.39 Å². The Morgan fingerprint density at radius 3 is 2.93 bits per heavy atom. The van der Waals surface area contributed by atoms with Gasteiger partial charge in [0, 0.05) is 11.3 Å². The van der Waals surface area contributed by atoms with Crippen LogP contribution in [0.3, 0.4) is 0 Å². The third-order valence-corrected chi connectivity index (χ3v) is 3.01. The maximum absolute atomic E-state index is 13.2. The lowest BCUT2D eigenvalue weighted by atomic mass is 10.3. The first kappa shape index (κ1) is 11.4. The molecule has 1 nitrogen and oxygen atoms in total. The third-order valence-electron chi connectivity index (χ3n) is 1.43. The van der Waals surface area contributed by atoms with Gasteiger partial charge < -0.3 is 0 Å². The Morgan fingerprint density at radius 2 is 2.36 bits per heavy atom. The molecule has 0 aliphatic heterocycles. The van der Waals surface area contributed by atoms with Crippen LogP contribution in [0.25, 0.3) is 0 Å². The summed E-state index contributed by atoms with van der Waals surface area (Å²) in [7, 11) is 0. The van der Waals surface area contributed by atoms with E-state index in [1.807, 2.05) is 0 Å². The highest BCUT2D eigenvalue weighted by molar-refractivity contribution is 7.78. The van der Waals surface area contributed by atoms with Gasteiger partial charge in [0.25, 0.3) is 0 Å². The number of thiophene rings is 1. The molecule has 0 bridgehead atoms. The lowest BCUT2D eigenvalue weighted by molar-refractivity contribution is 0.659. The molecule has 0 saturated carbocycles. The van der Waals surface area contributed by atoms with Gasteiger partial charge in [0.2, 0.25) is 5.13 Å². The maximum Gasteiger partial charge on any atom is 0.204 e. The molecule has 0 fully saturated rings. The molecular formula is C9H5ClFNS2. The fourth-order valence-corrected chi connectivity index (χ4v) is 2.09.